The number of rotatable bonds is 5. The molecule has 24 heavy (non-hydrogen) atoms. The van der Waals surface area contributed by atoms with Crippen molar-refractivity contribution in [1.29, 1.82) is 0 Å². The Morgan fingerprint density at radius 1 is 1.25 bits per heavy atom. The minimum Gasteiger partial charge on any atom is -0.321 e. The van der Waals surface area contributed by atoms with Gasteiger partial charge in [0.1, 0.15) is 10.4 Å². The van der Waals surface area contributed by atoms with E-state index in [1.54, 1.807) is 17.3 Å². The summed E-state index contributed by atoms with van der Waals surface area (Å²) in [7, 11) is 0. The number of amides is 1. The highest BCUT2D eigenvalue weighted by Crippen LogP contribution is 2.30. The Labute approximate surface area is 152 Å². The Morgan fingerprint density at radius 3 is 2.58 bits per heavy atom. The van der Waals surface area contributed by atoms with Gasteiger partial charge in [0.05, 0.1) is 10.7 Å². The fourth-order valence-corrected chi connectivity index (χ4v) is 4.39. The van der Waals surface area contributed by atoms with Gasteiger partial charge in [0.15, 0.2) is 4.34 Å². The van der Waals surface area contributed by atoms with Crippen LogP contribution in [-0.2, 0) is 0 Å². The van der Waals surface area contributed by atoms with Gasteiger partial charge in [-0.15, -0.1) is 21.5 Å². The molecule has 0 aliphatic rings. The Balaban J connectivity index is 1.68. The fourth-order valence-electron chi connectivity index (χ4n) is 1.98. The summed E-state index contributed by atoms with van der Waals surface area (Å²) in [6.45, 7) is 6.03. The van der Waals surface area contributed by atoms with Gasteiger partial charge in [-0.1, -0.05) is 36.9 Å². The number of aromatic nitrogens is 3. The summed E-state index contributed by atoms with van der Waals surface area (Å²) in [5, 5.41) is 11.7. The van der Waals surface area contributed by atoms with Crippen LogP contribution in [0, 0.1) is 6.92 Å². The molecule has 2 heterocycles. The summed E-state index contributed by atoms with van der Waals surface area (Å²) >= 11 is 4.51. The highest BCUT2D eigenvalue weighted by atomic mass is 32.2. The lowest BCUT2D eigenvalue weighted by Gasteiger charge is -2.05. The molecule has 0 bridgehead atoms. The molecule has 5 nitrogen and oxygen atoms in total. The number of carbonyl (C=O) groups excluding carboxylic acids is 1. The number of aryl methyl sites for hydroxylation is 1. The third-order valence-electron chi connectivity index (χ3n) is 3.17. The number of nitrogens with zero attached hydrogens (tertiary/aromatic N) is 3. The molecule has 8 heteroatoms. The number of hydrogen-bond acceptors (Lipinski definition) is 7. The van der Waals surface area contributed by atoms with Crippen LogP contribution in [0.15, 0.2) is 39.0 Å². The highest BCUT2D eigenvalue weighted by Gasteiger charge is 2.17. The van der Waals surface area contributed by atoms with Crippen molar-refractivity contribution in [3.05, 3.63) is 45.4 Å². The van der Waals surface area contributed by atoms with Crippen molar-refractivity contribution in [2.75, 3.05) is 5.32 Å². The summed E-state index contributed by atoms with van der Waals surface area (Å²) < 4.78 is 0.897. The summed E-state index contributed by atoms with van der Waals surface area (Å²) in [5.74, 6) is 0.216. The number of carbonyl (C=O) groups is 1. The molecule has 3 aromatic rings. The zero-order valence-electron chi connectivity index (χ0n) is 13.4. The predicted octanol–water partition coefficient (Wildman–Crippen LogP) is 4.83. The maximum Gasteiger partial charge on any atom is 0.267 e. The second kappa shape index (κ2) is 7.42. The number of thiazole rings is 1. The first-order chi connectivity index (χ1) is 11.5. The molecule has 3 rings (SSSR count). The average Bonchev–Trinajstić information content (AvgIpc) is 3.18. The molecular weight excluding hydrogens is 360 g/mol. The monoisotopic (exact) mass is 376 g/mol. The van der Waals surface area contributed by atoms with Crippen LogP contribution in [0.5, 0.6) is 0 Å². The van der Waals surface area contributed by atoms with Crippen LogP contribution in [-0.4, -0.2) is 21.1 Å². The molecule has 1 N–H and O–H groups in total. The quantitative estimate of drug-likeness (QED) is 0.691. The lowest BCUT2D eigenvalue weighted by Crippen LogP contribution is -2.11. The summed E-state index contributed by atoms with van der Waals surface area (Å²) in [6, 6.07) is 7.70. The van der Waals surface area contributed by atoms with Crippen LogP contribution in [0.2, 0.25) is 0 Å². The number of nitrogens with one attached hydrogen (secondary N) is 1. The van der Waals surface area contributed by atoms with Gasteiger partial charge in [-0.25, -0.2) is 4.98 Å². The van der Waals surface area contributed by atoms with E-state index in [1.807, 2.05) is 31.2 Å². The van der Waals surface area contributed by atoms with E-state index in [9.17, 15) is 4.79 Å². The average molecular weight is 377 g/mol. The van der Waals surface area contributed by atoms with E-state index in [1.165, 1.54) is 22.7 Å². The van der Waals surface area contributed by atoms with Gasteiger partial charge < -0.3 is 5.32 Å². The minimum atomic E-state index is -0.110. The first kappa shape index (κ1) is 17.1. The Hall–Kier alpha value is -1.77. The highest BCUT2D eigenvalue weighted by molar-refractivity contribution is 8.01. The zero-order valence-corrected chi connectivity index (χ0v) is 15.9. The van der Waals surface area contributed by atoms with Crippen LogP contribution in [0.4, 0.5) is 5.69 Å². The molecule has 1 amide bonds. The van der Waals surface area contributed by atoms with Gasteiger partial charge >= 0.3 is 0 Å². The van der Waals surface area contributed by atoms with Gasteiger partial charge in [-0.2, -0.15) is 0 Å². The van der Waals surface area contributed by atoms with Gasteiger partial charge in [0, 0.05) is 16.5 Å². The van der Waals surface area contributed by atoms with E-state index in [0.717, 1.165) is 25.6 Å². The minimum absolute atomic E-state index is 0.110. The van der Waals surface area contributed by atoms with Crippen molar-refractivity contribution in [2.45, 2.75) is 35.9 Å². The van der Waals surface area contributed by atoms with Gasteiger partial charge in [0.2, 0.25) is 0 Å². The Kier molecular flexibility index (Phi) is 5.27. The molecule has 0 saturated heterocycles. The molecule has 0 radical (unpaired) electrons. The van der Waals surface area contributed by atoms with Crippen LogP contribution in [0.25, 0.3) is 0 Å². The summed E-state index contributed by atoms with van der Waals surface area (Å²) in [6.07, 6.45) is 0. The smallest absolute Gasteiger partial charge is 0.267 e. The van der Waals surface area contributed by atoms with E-state index < -0.39 is 0 Å². The maximum absolute atomic E-state index is 12.4. The SMILES string of the molecule is Cc1nc(C(C)C)sc1C(=O)Nc1ccc(Sc2nncs2)cc1. The Bertz CT molecular complexity index is 826. The van der Waals surface area contributed by atoms with Crippen molar-refractivity contribution >= 4 is 46.0 Å². The molecule has 0 aliphatic heterocycles. The van der Waals surface area contributed by atoms with Crippen LogP contribution < -0.4 is 5.32 Å². The van der Waals surface area contributed by atoms with Crippen molar-refractivity contribution in [1.82, 2.24) is 15.2 Å². The molecule has 0 unspecified atom stereocenters. The molecule has 0 spiro atoms. The number of anilines is 1. The molecule has 0 atom stereocenters. The standard InChI is InChI=1S/C16H16N4OS3/c1-9(2)15-18-10(3)13(24-15)14(21)19-11-4-6-12(7-5-11)23-16-20-17-8-22-16/h4-9H,1-3H3,(H,19,21). The van der Waals surface area contributed by atoms with E-state index in [0.29, 0.717) is 10.8 Å². The third-order valence-corrected chi connectivity index (χ3v) is 6.41. The van der Waals surface area contributed by atoms with Crippen LogP contribution in [0.1, 0.15) is 40.1 Å². The molecule has 0 aliphatic carbocycles. The van der Waals surface area contributed by atoms with Crippen LogP contribution >= 0.6 is 34.4 Å². The number of benzene rings is 1. The molecule has 2 aromatic heterocycles. The molecule has 0 fully saturated rings. The first-order valence-corrected chi connectivity index (χ1v) is 9.87. The topological polar surface area (TPSA) is 67.8 Å². The lowest BCUT2D eigenvalue weighted by molar-refractivity contribution is 0.103. The van der Waals surface area contributed by atoms with Crippen molar-refractivity contribution in [3.63, 3.8) is 0 Å². The zero-order chi connectivity index (χ0) is 17.1. The normalized spacial score (nSPS) is 11.0. The number of hydrogen-bond donors (Lipinski definition) is 1. The van der Waals surface area contributed by atoms with Gasteiger partial charge in [-0.05, 0) is 31.2 Å². The fraction of sp³-hybridized carbons (Fsp3) is 0.250. The van der Waals surface area contributed by atoms with E-state index >= 15 is 0 Å². The third kappa shape index (κ3) is 4.00. The second-order valence-electron chi connectivity index (χ2n) is 5.41. The second-order valence-corrected chi connectivity index (χ2v) is 8.59. The van der Waals surface area contributed by atoms with E-state index in [2.05, 4.69) is 34.3 Å². The molecule has 1 aromatic carbocycles. The van der Waals surface area contributed by atoms with Crippen molar-refractivity contribution in [3.8, 4) is 0 Å². The van der Waals surface area contributed by atoms with Crippen LogP contribution in [0.3, 0.4) is 0 Å². The summed E-state index contributed by atoms with van der Waals surface area (Å²) in [4.78, 5) is 18.6. The van der Waals surface area contributed by atoms with Crippen molar-refractivity contribution in [2.24, 2.45) is 0 Å². The van der Waals surface area contributed by atoms with Gasteiger partial charge in [-0.3, -0.25) is 4.79 Å². The van der Waals surface area contributed by atoms with E-state index in [4.69, 9.17) is 0 Å². The Morgan fingerprint density at radius 2 is 2.00 bits per heavy atom. The summed E-state index contributed by atoms with van der Waals surface area (Å²) in [5.41, 5.74) is 3.25. The molecular formula is C16H16N4OS3. The van der Waals surface area contributed by atoms with Crippen molar-refractivity contribution < 1.29 is 4.79 Å². The largest absolute Gasteiger partial charge is 0.321 e. The van der Waals surface area contributed by atoms with Gasteiger partial charge in [0.25, 0.3) is 5.91 Å². The predicted molar refractivity (Wildman–Crippen MR) is 99.4 cm³/mol. The maximum atomic E-state index is 12.4. The first-order valence-electron chi connectivity index (χ1n) is 7.35. The lowest BCUT2D eigenvalue weighted by atomic mass is 10.2. The molecule has 124 valence electrons. The molecule has 0 saturated carbocycles. The van der Waals surface area contributed by atoms with E-state index in [-0.39, 0.29) is 5.91 Å².